The molecule has 0 amide bonds. The van der Waals surface area contributed by atoms with Gasteiger partial charge in [0.25, 0.3) is 0 Å². The standard InChI is InChI=1S/C17H19BrFNO/c1-3-10-20-12(2)16-11-14(19)6-9-17(16)21-15-7-4-13(18)5-8-15/h4-9,11-12,20H,3,10H2,1-2H3. The van der Waals surface area contributed by atoms with Crippen LogP contribution < -0.4 is 10.1 Å². The highest BCUT2D eigenvalue weighted by molar-refractivity contribution is 9.10. The fraction of sp³-hybridized carbons (Fsp3) is 0.294. The second kappa shape index (κ2) is 7.57. The lowest BCUT2D eigenvalue weighted by Gasteiger charge is -2.18. The monoisotopic (exact) mass is 351 g/mol. The first kappa shape index (κ1) is 16.0. The molecule has 0 radical (unpaired) electrons. The molecule has 2 aromatic carbocycles. The molecular formula is C17H19BrFNO. The zero-order valence-electron chi connectivity index (χ0n) is 12.2. The van der Waals surface area contributed by atoms with Gasteiger partial charge in [0, 0.05) is 16.1 Å². The Morgan fingerprint density at radius 3 is 2.57 bits per heavy atom. The number of hydrogen-bond acceptors (Lipinski definition) is 2. The minimum atomic E-state index is -0.252. The number of ether oxygens (including phenoxy) is 1. The molecule has 0 fully saturated rings. The van der Waals surface area contributed by atoms with E-state index in [1.165, 1.54) is 12.1 Å². The molecule has 1 N–H and O–H groups in total. The van der Waals surface area contributed by atoms with Gasteiger partial charge in [-0.3, -0.25) is 0 Å². The predicted molar refractivity (Wildman–Crippen MR) is 87.3 cm³/mol. The van der Waals surface area contributed by atoms with E-state index in [4.69, 9.17) is 4.74 Å². The van der Waals surface area contributed by atoms with Crippen molar-refractivity contribution < 1.29 is 9.13 Å². The van der Waals surface area contributed by atoms with Gasteiger partial charge in [0.05, 0.1) is 0 Å². The average Bonchev–Trinajstić information content (AvgIpc) is 2.49. The van der Waals surface area contributed by atoms with Crippen LogP contribution in [-0.4, -0.2) is 6.54 Å². The van der Waals surface area contributed by atoms with Crippen molar-refractivity contribution in [3.63, 3.8) is 0 Å². The summed E-state index contributed by atoms with van der Waals surface area (Å²) in [6.45, 7) is 5.00. The lowest BCUT2D eigenvalue weighted by Crippen LogP contribution is -2.19. The van der Waals surface area contributed by atoms with Crippen LogP contribution in [0.2, 0.25) is 0 Å². The first-order valence-corrected chi connectivity index (χ1v) is 7.85. The second-order valence-corrected chi connectivity index (χ2v) is 5.83. The molecule has 0 saturated heterocycles. The van der Waals surface area contributed by atoms with Crippen LogP contribution in [0, 0.1) is 5.82 Å². The van der Waals surface area contributed by atoms with Crippen LogP contribution >= 0.6 is 15.9 Å². The van der Waals surface area contributed by atoms with Gasteiger partial charge in [0.2, 0.25) is 0 Å². The molecule has 0 bridgehead atoms. The van der Waals surface area contributed by atoms with E-state index < -0.39 is 0 Å². The Labute approximate surface area is 133 Å². The highest BCUT2D eigenvalue weighted by atomic mass is 79.9. The van der Waals surface area contributed by atoms with E-state index in [-0.39, 0.29) is 11.9 Å². The van der Waals surface area contributed by atoms with Crippen molar-refractivity contribution in [3.8, 4) is 11.5 Å². The third kappa shape index (κ3) is 4.55. The van der Waals surface area contributed by atoms with Crippen molar-refractivity contribution in [2.24, 2.45) is 0 Å². The van der Waals surface area contributed by atoms with Gasteiger partial charge >= 0.3 is 0 Å². The first-order valence-electron chi connectivity index (χ1n) is 7.06. The van der Waals surface area contributed by atoms with E-state index in [1.807, 2.05) is 31.2 Å². The van der Waals surface area contributed by atoms with Gasteiger partial charge in [-0.15, -0.1) is 0 Å². The van der Waals surface area contributed by atoms with Gasteiger partial charge in [0.15, 0.2) is 0 Å². The number of halogens is 2. The zero-order chi connectivity index (χ0) is 15.2. The van der Waals surface area contributed by atoms with E-state index in [0.717, 1.165) is 28.8 Å². The number of hydrogen-bond donors (Lipinski definition) is 1. The molecule has 21 heavy (non-hydrogen) atoms. The van der Waals surface area contributed by atoms with Crippen molar-refractivity contribution in [1.82, 2.24) is 5.32 Å². The van der Waals surface area contributed by atoms with Crippen molar-refractivity contribution in [2.45, 2.75) is 26.3 Å². The van der Waals surface area contributed by atoms with Crippen LogP contribution in [0.3, 0.4) is 0 Å². The number of nitrogens with one attached hydrogen (secondary N) is 1. The van der Waals surface area contributed by atoms with E-state index in [1.54, 1.807) is 6.07 Å². The number of rotatable bonds is 6. The van der Waals surface area contributed by atoms with Crippen molar-refractivity contribution in [3.05, 3.63) is 58.3 Å². The first-order chi connectivity index (χ1) is 10.1. The highest BCUT2D eigenvalue weighted by Gasteiger charge is 2.13. The predicted octanol–water partition coefficient (Wildman–Crippen LogP) is 5.44. The summed E-state index contributed by atoms with van der Waals surface area (Å²) in [5.74, 6) is 1.15. The summed E-state index contributed by atoms with van der Waals surface area (Å²) in [4.78, 5) is 0. The fourth-order valence-electron chi connectivity index (χ4n) is 2.05. The molecule has 1 unspecified atom stereocenters. The SMILES string of the molecule is CCCNC(C)c1cc(F)ccc1Oc1ccc(Br)cc1. The third-order valence-electron chi connectivity index (χ3n) is 3.18. The Morgan fingerprint density at radius 2 is 1.90 bits per heavy atom. The Kier molecular flexibility index (Phi) is 5.76. The molecule has 4 heteroatoms. The van der Waals surface area contributed by atoms with E-state index >= 15 is 0 Å². The van der Waals surface area contributed by atoms with Crippen LogP contribution in [-0.2, 0) is 0 Å². The van der Waals surface area contributed by atoms with Crippen LogP contribution in [0.5, 0.6) is 11.5 Å². The molecule has 112 valence electrons. The summed E-state index contributed by atoms with van der Waals surface area (Å²) >= 11 is 3.39. The molecule has 2 nitrogen and oxygen atoms in total. The smallest absolute Gasteiger partial charge is 0.132 e. The molecule has 0 heterocycles. The van der Waals surface area contributed by atoms with E-state index in [0.29, 0.717) is 5.75 Å². The van der Waals surface area contributed by atoms with Gasteiger partial charge in [-0.1, -0.05) is 22.9 Å². The molecule has 0 aliphatic carbocycles. The Hall–Kier alpha value is -1.39. The normalized spacial score (nSPS) is 12.2. The fourth-order valence-corrected chi connectivity index (χ4v) is 2.32. The van der Waals surface area contributed by atoms with Crippen molar-refractivity contribution in [2.75, 3.05) is 6.54 Å². The molecule has 2 aromatic rings. The summed E-state index contributed by atoms with van der Waals surface area (Å²) in [6.07, 6.45) is 1.03. The second-order valence-electron chi connectivity index (χ2n) is 4.91. The molecule has 0 aliphatic heterocycles. The summed E-state index contributed by atoms with van der Waals surface area (Å²) < 4.78 is 20.4. The average molecular weight is 352 g/mol. The molecule has 0 aliphatic rings. The molecule has 1 atom stereocenters. The van der Waals surface area contributed by atoms with Gasteiger partial charge in [-0.25, -0.2) is 4.39 Å². The molecular weight excluding hydrogens is 333 g/mol. The maximum Gasteiger partial charge on any atom is 0.132 e. The van der Waals surface area contributed by atoms with Crippen LogP contribution in [0.4, 0.5) is 4.39 Å². The van der Waals surface area contributed by atoms with Crippen molar-refractivity contribution >= 4 is 15.9 Å². The summed E-state index contributed by atoms with van der Waals surface area (Å²) in [5, 5.41) is 3.36. The van der Waals surface area contributed by atoms with Crippen LogP contribution in [0.25, 0.3) is 0 Å². The Balaban J connectivity index is 2.23. The van der Waals surface area contributed by atoms with Crippen molar-refractivity contribution in [1.29, 1.82) is 0 Å². The summed E-state index contributed by atoms with van der Waals surface area (Å²) in [7, 11) is 0. The highest BCUT2D eigenvalue weighted by Crippen LogP contribution is 2.31. The molecule has 0 spiro atoms. The minimum Gasteiger partial charge on any atom is -0.457 e. The molecule has 2 rings (SSSR count). The van der Waals surface area contributed by atoms with Gasteiger partial charge < -0.3 is 10.1 Å². The number of benzene rings is 2. The van der Waals surface area contributed by atoms with E-state index in [9.17, 15) is 4.39 Å². The van der Waals surface area contributed by atoms with Gasteiger partial charge in [0.1, 0.15) is 17.3 Å². The summed E-state index contributed by atoms with van der Waals surface area (Å²) in [5.41, 5.74) is 0.825. The van der Waals surface area contributed by atoms with Crippen LogP contribution in [0.1, 0.15) is 31.9 Å². The Morgan fingerprint density at radius 1 is 1.19 bits per heavy atom. The Bertz CT molecular complexity index is 586. The van der Waals surface area contributed by atoms with Gasteiger partial charge in [-0.05, 0) is 62.4 Å². The van der Waals surface area contributed by atoms with E-state index in [2.05, 4.69) is 28.2 Å². The zero-order valence-corrected chi connectivity index (χ0v) is 13.8. The topological polar surface area (TPSA) is 21.3 Å². The quantitative estimate of drug-likeness (QED) is 0.747. The van der Waals surface area contributed by atoms with Gasteiger partial charge in [-0.2, -0.15) is 0 Å². The lowest BCUT2D eigenvalue weighted by molar-refractivity contribution is 0.457. The lowest BCUT2D eigenvalue weighted by atomic mass is 10.1. The minimum absolute atomic E-state index is 0.0334. The molecule has 0 saturated carbocycles. The maximum absolute atomic E-state index is 13.5. The molecule has 0 aromatic heterocycles. The van der Waals surface area contributed by atoms with Crippen LogP contribution in [0.15, 0.2) is 46.9 Å². The summed E-state index contributed by atoms with van der Waals surface area (Å²) in [6, 6.07) is 12.2. The maximum atomic E-state index is 13.5. The largest absolute Gasteiger partial charge is 0.457 e. The third-order valence-corrected chi connectivity index (χ3v) is 3.71.